The summed E-state index contributed by atoms with van der Waals surface area (Å²) in [6.45, 7) is 9.15. The maximum atomic E-state index is 14.0. The van der Waals surface area contributed by atoms with Gasteiger partial charge in [0.2, 0.25) is 11.8 Å². The summed E-state index contributed by atoms with van der Waals surface area (Å²) in [6.07, 6.45) is 5.98. The Balaban J connectivity index is 1.24. The van der Waals surface area contributed by atoms with Crippen LogP contribution < -0.4 is 26.0 Å². The molecule has 1 aromatic heterocycles. The highest BCUT2D eigenvalue weighted by Crippen LogP contribution is 2.56. The molecule has 3 aromatic rings. The molecule has 4 amide bonds. The Morgan fingerprint density at radius 2 is 1.33 bits per heavy atom. The van der Waals surface area contributed by atoms with Gasteiger partial charge < -0.3 is 30.7 Å². The molecule has 3 aliphatic rings. The Kier molecular flexibility index (Phi) is 12.4. The second-order valence-corrected chi connectivity index (χ2v) is 15.9. The summed E-state index contributed by atoms with van der Waals surface area (Å²) in [5.74, 6) is -0.320. The second kappa shape index (κ2) is 16.8. The minimum absolute atomic E-state index is 0.0138. The summed E-state index contributed by atoms with van der Waals surface area (Å²) in [5, 5.41) is 16.0. The molecular weight excluding hydrogens is 665 g/mol. The van der Waals surface area contributed by atoms with Crippen LogP contribution in [0.4, 0.5) is 4.79 Å². The van der Waals surface area contributed by atoms with Gasteiger partial charge in [0.15, 0.2) is 0 Å². The van der Waals surface area contributed by atoms with Gasteiger partial charge in [-0.25, -0.2) is 4.79 Å². The van der Waals surface area contributed by atoms with E-state index in [0.29, 0.717) is 31.7 Å². The summed E-state index contributed by atoms with van der Waals surface area (Å²) in [4.78, 5) is 53.5. The van der Waals surface area contributed by atoms with Gasteiger partial charge >= 0.3 is 6.09 Å². The molecule has 0 unspecified atom stereocenters. The number of fused-ring (bicyclic) bond motifs is 3. The predicted molar refractivity (Wildman–Crippen MR) is 199 cm³/mol. The fraction of sp³-hybridized carbons (Fsp3) is 0.500. The average molecular weight is 717 g/mol. The lowest BCUT2D eigenvalue weighted by Gasteiger charge is -2.53. The third kappa shape index (κ3) is 10.8. The van der Waals surface area contributed by atoms with Gasteiger partial charge in [0, 0.05) is 31.5 Å². The van der Waals surface area contributed by atoms with Crippen molar-refractivity contribution in [2.75, 3.05) is 19.7 Å². The van der Waals surface area contributed by atoms with Crippen molar-refractivity contribution in [3.63, 3.8) is 0 Å². The first kappa shape index (κ1) is 37.9. The van der Waals surface area contributed by atoms with Crippen LogP contribution in [0.3, 0.4) is 0 Å². The first-order valence-electron chi connectivity index (χ1n) is 18.0. The SMILES string of the molecule is CCOc1ccc(C[C@@H](NC(=O)c2ccccc2)C(=O)N[C@@H](Cc2ccsc2)C(=O)NCC23CCC(CNC(=O)OC(C)(C)C)(CC2)CC3)cc1. The first-order chi connectivity index (χ1) is 24.4. The summed E-state index contributed by atoms with van der Waals surface area (Å²) in [7, 11) is 0. The van der Waals surface area contributed by atoms with E-state index in [2.05, 4.69) is 21.3 Å². The van der Waals surface area contributed by atoms with Crippen LogP contribution in [-0.2, 0) is 27.2 Å². The minimum atomic E-state index is -0.925. The van der Waals surface area contributed by atoms with Gasteiger partial charge in [-0.05, 0) is 129 Å². The van der Waals surface area contributed by atoms with Crippen molar-refractivity contribution in [2.24, 2.45) is 10.8 Å². The van der Waals surface area contributed by atoms with Crippen LogP contribution in [0.25, 0.3) is 0 Å². The maximum absolute atomic E-state index is 14.0. The van der Waals surface area contributed by atoms with Crippen LogP contribution in [0.15, 0.2) is 71.4 Å². The number of rotatable bonds is 15. The number of amides is 4. The molecule has 3 aliphatic carbocycles. The van der Waals surface area contributed by atoms with Crippen LogP contribution in [0, 0.1) is 10.8 Å². The molecule has 51 heavy (non-hydrogen) atoms. The average Bonchev–Trinajstić information content (AvgIpc) is 3.64. The minimum Gasteiger partial charge on any atom is -0.494 e. The normalized spacial score (nSPS) is 20.8. The zero-order chi connectivity index (χ0) is 36.5. The van der Waals surface area contributed by atoms with Crippen LogP contribution in [-0.4, -0.2) is 61.2 Å². The van der Waals surface area contributed by atoms with Crippen molar-refractivity contribution in [2.45, 2.75) is 96.7 Å². The second-order valence-electron chi connectivity index (χ2n) is 15.1. The number of ether oxygens (including phenoxy) is 2. The molecule has 0 saturated heterocycles. The summed E-state index contributed by atoms with van der Waals surface area (Å²) < 4.78 is 11.0. The monoisotopic (exact) mass is 716 g/mol. The molecule has 0 radical (unpaired) electrons. The number of nitrogens with one attached hydrogen (secondary N) is 4. The van der Waals surface area contributed by atoms with Gasteiger partial charge in [-0.3, -0.25) is 14.4 Å². The molecule has 0 aliphatic heterocycles. The highest BCUT2D eigenvalue weighted by molar-refractivity contribution is 7.07. The van der Waals surface area contributed by atoms with Crippen molar-refractivity contribution < 1.29 is 28.7 Å². The molecule has 3 saturated carbocycles. The van der Waals surface area contributed by atoms with Gasteiger partial charge in [-0.1, -0.05) is 30.3 Å². The van der Waals surface area contributed by atoms with Crippen molar-refractivity contribution in [1.29, 1.82) is 0 Å². The van der Waals surface area contributed by atoms with E-state index in [1.54, 1.807) is 24.3 Å². The Hall–Kier alpha value is -4.38. The molecule has 0 spiro atoms. The standard InChI is InChI=1S/C40H52N4O6S/c1-5-49-31-13-11-28(12-14-31)23-33(43-34(45)30-9-7-6-8-10-30)36(47)44-32(24-29-15-22-51-25-29)35(46)41-26-39-16-19-40(20-17-39,21-18-39)27-42-37(48)50-38(2,3)4/h6-15,22,25,32-33H,5,16-21,23-24,26-27H2,1-4H3,(H,41,46)(H,42,48)(H,43,45)(H,44,47)/t32-,33+,39?,40?/m0/s1. The highest BCUT2D eigenvalue weighted by Gasteiger charge is 2.48. The molecule has 1 heterocycles. The van der Waals surface area contributed by atoms with Crippen molar-refractivity contribution in [1.82, 2.24) is 21.3 Å². The number of alkyl carbamates (subject to hydrolysis) is 1. The Bertz CT molecular complexity index is 1600. The third-order valence-corrected chi connectivity index (χ3v) is 10.9. The maximum Gasteiger partial charge on any atom is 0.407 e. The quantitative estimate of drug-likeness (QED) is 0.148. The lowest BCUT2D eigenvalue weighted by Crippen LogP contribution is -2.57. The zero-order valence-electron chi connectivity index (χ0n) is 30.2. The molecule has 6 rings (SSSR count). The predicted octanol–water partition coefficient (Wildman–Crippen LogP) is 6.20. The van der Waals surface area contributed by atoms with Crippen LogP contribution in [0.5, 0.6) is 5.75 Å². The van der Waals surface area contributed by atoms with Gasteiger partial charge in [0.1, 0.15) is 23.4 Å². The summed E-state index contributed by atoms with van der Waals surface area (Å²) in [6, 6.07) is 16.4. The van der Waals surface area contributed by atoms with E-state index in [1.165, 1.54) is 11.3 Å². The van der Waals surface area contributed by atoms with Gasteiger partial charge in [-0.2, -0.15) is 11.3 Å². The summed E-state index contributed by atoms with van der Waals surface area (Å²) in [5.41, 5.74) is 1.74. The molecule has 2 bridgehead atoms. The van der Waals surface area contributed by atoms with E-state index in [1.807, 2.05) is 74.9 Å². The molecule has 10 nitrogen and oxygen atoms in total. The number of carbonyl (C=O) groups is 4. The number of benzene rings is 2. The van der Waals surface area contributed by atoms with Gasteiger partial charge in [0.05, 0.1) is 6.61 Å². The van der Waals surface area contributed by atoms with Crippen molar-refractivity contribution in [3.05, 3.63) is 88.1 Å². The molecule has 11 heteroatoms. The molecule has 274 valence electrons. The van der Waals surface area contributed by atoms with Gasteiger partial charge in [0.25, 0.3) is 5.91 Å². The Morgan fingerprint density at radius 1 is 0.745 bits per heavy atom. The topological polar surface area (TPSA) is 135 Å². The largest absolute Gasteiger partial charge is 0.494 e. The number of thiophene rings is 1. The van der Waals surface area contributed by atoms with Crippen LogP contribution in [0.2, 0.25) is 0 Å². The molecule has 4 N–H and O–H groups in total. The molecule has 2 aromatic carbocycles. The third-order valence-electron chi connectivity index (χ3n) is 10.2. The van der Waals surface area contributed by atoms with Crippen molar-refractivity contribution in [3.8, 4) is 5.75 Å². The lowest BCUT2D eigenvalue weighted by atomic mass is 9.53. The van der Waals surface area contributed by atoms with Gasteiger partial charge in [-0.15, -0.1) is 0 Å². The fourth-order valence-electron chi connectivity index (χ4n) is 7.13. The lowest BCUT2D eigenvalue weighted by molar-refractivity contribution is -0.130. The first-order valence-corrected chi connectivity index (χ1v) is 18.9. The van der Waals surface area contributed by atoms with E-state index < -0.39 is 23.6 Å². The highest BCUT2D eigenvalue weighted by atomic mass is 32.1. The van der Waals surface area contributed by atoms with E-state index in [-0.39, 0.29) is 35.2 Å². The molecule has 3 fully saturated rings. The fourth-order valence-corrected chi connectivity index (χ4v) is 7.82. The Labute approximate surface area is 305 Å². The van der Waals surface area contributed by atoms with E-state index in [9.17, 15) is 19.2 Å². The zero-order valence-corrected chi connectivity index (χ0v) is 31.0. The van der Waals surface area contributed by atoms with E-state index in [0.717, 1.165) is 55.4 Å². The molecule has 2 atom stereocenters. The van der Waals surface area contributed by atoms with E-state index in [4.69, 9.17) is 9.47 Å². The van der Waals surface area contributed by atoms with Crippen LogP contribution in [0.1, 0.15) is 87.7 Å². The summed E-state index contributed by atoms with van der Waals surface area (Å²) >= 11 is 1.54. The number of hydrogen-bond acceptors (Lipinski definition) is 7. The number of hydrogen-bond donors (Lipinski definition) is 4. The number of carbonyl (C=O) groups excluding carboxylic acids is 4. The van der Waals surface area contributed by atoms with E-state index >= 15 is 0 Å². The van der Waals surface area contributed by atoms with Crippen molar-refractivity contribution >= 4 is 35.2 Å². The Morgan fingerprint density at radius 3 is 1.90 bits per heavy atom. The smallest absolute Gasteiger partial charge is 0.407 e. The van der Waals surface area contributed by atoms with Crippen LogP contribution >= 0.6 is 11.3 Å². The molecular formula is C40H52N4O6S.